The van der Waals surface area contributed by atoms with E-state index in [1.807, 2.05) is 24.3 Å². The summed E-state index contributed by atoms with van der Waals surface area (Å²) in [5, 5.41) is 1.45. The topological polar surface area (TPSA) is 17.1 Å². The SMILES string of the molecule is CC(=O)CCS(C)(c1ccc(Cl)cc1)c1ccc(Cl)cc1. The summed E-state index contributed by atoms with van der Waals surface area (Å²) in [5.74, 6) is 1.06. The van der Waals surface area contributed by atoms with Crippen LogP contribution < -0.4 is 0 Å². The Morgan fingerprint density at radius 2 is 1.29 bits per heavy atom. The molecule has 0 aliphatic rings. The Labute approximate surface area is 137 Å². The van der Waals surface area contributed by atoms with Crippen LogP contribution in [0.15, 0.2) is 58.3 Å². The van der Waals surface area contributed by atoms with Gasteiger partial charge in [-0.2, -0.15) is 10.0 Å². The van der Waals surface area contributed by atoms with E-state index >= 15 is 0 Å². The van der Waals surface area contributed by atoms with Gasteiger partial charge in [-0.3, -0.25) is 4.79 Å². The van der Waals surface area contributed by atoms with Gasteiger partial charge in [-0.25, -0.2) is 0 Å². The van der Waals surface area contributed by atoms with Crippen molar-refractivity contribution in [1.29, 1.82) is 0 Å². The molecule has 0 aliphatic heterocycles. The minimum absolute atomic E-state index is 0.219. The summed E-state index contributed by atoms with van der Waals surface area (Å²) in [6, 6.07) is 15.9. The lowest BCUT2D eigenvalue weighted by Gasteiger charge is -2.37. The van der Waals surface area contributed by atoms with Crippen LogP contribution in [-0.2, 0) is 4.79 Å². The average Bonchev–Trinajstić information content (AvgIpc) is 2.46. The van der Waals surface area contributed by atoms with Crippen LogP contribution in [0.5, 0.6) is 0 Å². The zero-order valence-electron chi connectivity index (χ0n) is 12.1. The summed E-state index contributed by atoms with van der Waals surface area (Å²) in [7, 11) is -1.26. The molecule has 0 atom stereocenters. The van der Waals surface area contributed by atoms with E-state index in [4.69, 9.17) is 23.2 Å². The van der Waals surface area contributed by atoms with Crippen molar-refractivity contribution in [2.24, 2.45) is 0 Å². The molecule has 2 rings (SSSR count). The molecule has 0 saturated carbocycles. The van der Waals surface area contributed by atoms with Crippen molar-refractivity contribution in [1.82, 2.24) is 0 Å². The smallest absolute Gasteiger partial charge is 0.130 e. The number of hydrogen-bond donors (Lipinski definition) is 0. The molecule has 0 radical (unpaired) electrons. The summed E-state index contributed by atoms with van der Waals surface area (Å²) in [6.07, 6.45) is 2.82. The molecule has 0 aliphatic carbocycles. The highest BCUT2D eigenvalue weighted by Crippen LogP contribution is 2.60. The van der Waals surface area contributed by atoms with Crippen molar-refractivity contribution in [2.45, 2.75) is 23.1 Å². The van der Waals surface area contributed by atoms with E-state index in [-0.39, 0.29) is 5.78 Å². The Kier molecular flexibility index (Phi) is 5.37. The molecule has 4 heteroatoms. The van der Waals surface area contributed by atoms with Crippen molar-refractivity contribution in [2.75, 3.05) is 12.0 Å². The Morgan fingerprint density at radius 1 is 0.905 bits per heavy atom. The number of halogens is 2. The van der Waals surface area contributed by atoms with Crippen molar-refractivity contribution >= 4 is 39.0 Å². The fourth-order valence-corrected chi connectivity index (χ4v) is 5.35. The molecule has 0 heterocycles. The highest BCUT2D eigenvalue weighted by atomic mass is 35.5. The van der Waals surface area contributed by atoms with Gasteiger partial charge in [0.05, 0.1) is 0 Å². The predicted molar refractivity (Wildman–Crippen MR) is 93.1 cm³/mol. The Morgan fingerprint density at radius 3 is 1.62 bits per heavy atom. The fourth-order valence-electron chi connectivity index (χ4n) is 2.19. The Hall–Kier alpha value is -0.960. The minimum atomic E-state index is -1.26. The quantitative estimate of drug-likeness (QED) is 0.669. The molecule has 0 spiro atoms. The number of hydrogen-bond acceptors (Lipinski definition) is 1. The maximum Gasteiger partial charge on any atom is 0.130 e. The van der Waals surface area contributed by atoms with Crippen LogP contribution >= 0.6 is 33.2 Å². The number of Topliss-reactive ketones (excluding diaryl/α,β-unsaturated/α-hetero) is 1. The van der Waals surface area contributed by atoms with Crippen LogP contribution in [0.25, 0.3) is 0 Å². The van der Waals surface area contributed by atoms with Gasteiger partial charge < -0.3 is 0 Å². The summed E-state index contributed by atoms with van der Waals surface area (Å²) in [6.45, 7) is 1.64. The number of carbonyl (C=O) groups excluding carboxylic acids is 1. The first-order valence-electron chi connectivity index (χ1n) is 6.68. The molecular weight excluding hydrogens is 323 g/mol. The highest BCUT2D eigenvalue weighted by Gasteiger charge is 2.23. The molecule has 1 nitrogen and oxygen atoms in total. The normalized spacial score (nSPS) is 12.2. The standard InChI is InChI=1S/C17H18Cl2OS/c1-13(20)11-12-21(2,16-7-3-14(18)4-8-16)17-9-5-15(19)6-10-17/h3-10H,11-12H2,1-2H3. The summed E-state index contributed by atoms with van der Waals surface area (Å²) in [4.78, 5) is 13.9. The second-order valence-corrected chi connectivity index (χ2v) is 9.55. The molecule has 0 bridgehead atoms. The molecule has 0 amide bonds. The Balaban J connectivity index is 2.44. The van der Waals surface area contributed by atoms with E-state index < -0.39 is 10.0 Å². The van der Waals surface area contributed by atoms with Crippen molar-refractivity contribution in [3.05, 3.63) is 58.6 Å². The van der Waals surface area contributed by atoms with Crippen LogP contribution in [-0.4, -0.2) is 17.8 Å². The molecular formula is C17H18Cl2OS. The van der Waals surface area contributed by atoms with E-state index in [2.05, 4.69) is 30.5 Å². The first-order valence-corrected chi connectivity index (χ1v) is 9.65. The maximum atomic E-state index is 11.4. The number of carbonyl (C=O) groups is 1. The molecule has 0 fully saturated rings. The lowest BCUT2D eigenvalue weighted by Crippen LogP contribution is -2.08. The minimum Gasteiger partial charge on any atom is -0.300 e. The van der Waals surface area contributed by atoms with Crippen molar-refractivity contribution in [3.63, 3.8) is 0 Å². The molecule has 0 aromatic heterocycles. The first-order chi connectivity index (χ1) is 9.91. The predicted octanol–water partition coefficient (Wildman–Crippen LogP) is 5.82. The van der Waals surface area contributed by atoms with Gasteiger partial charge in [0.25, 0.3) is 0 Å². The van der Waals surface area contributed by atoms with E-state index in [0.717, 1.165) is 15.8 Å². The number of benzene rings is 2. The summed E-state index contributed by atoms with van der Waals surface area (Å²) in [5.41, 5.74) is 0. The average molecular weight is 341 g/mol. The second kappa shape index (κ2) is 6.87. The van der Waals surface area contributed by atoms with E-state index in [1.54, 1.807) is 6.92 Å². The van der Waals surface area contributed by atoms with Crippen LogP contribution in [0.4, 0.5) is 0 Å². The Bertz CT molecular complexity index is 575. The van der Waals surface area contributed by atoms with Crippen LogP contribution in [0, 0.1) is 0 Å². The van der Waals surface area contributed by atoms with Crippen molar-refractivity contribution in [3.8, 4) is 0 Å². The van der Waals surface area contributed by atoms with Gasteiger partial charge in [-0.05, 0) is 77.3 Å². The largest absolute Gasteiger partial charge is 0.300 e. The molecule has 0 unspecified atom stereocenters. The van der Waals surface area contributed by atoms with E-state index in [1.165, 1.54) is 9.79 Å². The molecule has 21 heavy (non-hydrogen) atoms. The third kappa shape index (κ3) is 4.03. The van der Waals surface area contributed by atoms with Gasteiger partial charge in [-0.15, -0.1) is 0 Å². The molecule has 2 aromatic rings. The van der Waals surface area contributed by atoms with Gasteiger partial charge >= 0.3 is 0 Å². The third-order valence-electron chi connectivity index (χ3n) is 3.53. The van der Waals surface area contributed by atoms with Gasteiger partial charge in [0.2, 0.25) is 0 Å². The zero-order valence-corrected chi connectivity index (χ0v) is 14.4. The summed E-state index contributed by atoms with van der Waals surface area (Å²) >= 11 is 12.0. The maximum absolute atomic E-state index is 11.4. The third-order valence-corrected chi connectivity index (χ3v) is 7.68. The van der Waals surface area contributed by atoms with Gasteiger partial charge in [-0.1, -0.05) is 23.2 Å². The molecule has 0 saturated heterocycles. The summed E-state index contributed by atoms with van der Waals surface area (Å²) < 4.78 is 0. The van der Waals surface area contributed by atoms with Gasteiger partial charge in [0.15, 0.2) is 0 Å². The van der Waals surface area contributed by atoms with Gasteiger partial charge in [0, 0.05) is 16.5 Å². The number of ketones is 1. The number of rotatable bonds is 5. The van der Waals surface area contributed by atoms with Crippen LogP contribution in [0.1, 0.15) is 13.3 Å². The second-order valence-electron chi connectivity index (χ2n) is 5.15. The highest BCUT2D eigenvalue weighted by molar-refractivity contribution is 8.33. The van der Waals surface area contributed by atoms with E-state index in [9.17, 15) is 4.79 Å². The lowest BCUT2D eigenvalue weighted by atomic mass is 10.3. The van der Waals surface area contributed by atoms with Crippen molar-refractivity contribution < 1.29 is 4.79 Å². The molecule has 0 N–H and O–H groups in total. The molecule has 112 valence electrons. The lowest BCUT2D eigenvalue weighted by molar-refractivity contribution is -0.116. The fraction of sp³-hybridized carbons (Fsp3) is 0.235. The first kappa shape index (κ1) is 16.4. The van der Waals surface area contributed by atoms with E-state index in [0.29, 0.717) is 6.42 Å². The van der Waals surface area contributed by atoms with Gasteiger partial charge in [0.1, 0.15) is 5.78 Å². The zero-order chi connectivity index (χ0) is 15.5. The monoisotopic (exact) mass is 340 g/mol. The van der Waals surface area contributed by atoms with Crippen LogP contribution in [0.2, 0.25) is 10.0 Å². The van der Waals surface area contributed by atoms with Crippen LogP contribution in [0.3, 0.4) is 0 Å². The molecule has 2 aromatic carbocycles.